The van der Waals surface area contributed by atoms with E-state index in [0.29, 0.717) is 23.1 Å². The van der Waals surface area contributed by atoms with Crippen LogP contribution in [0.5, 0.6) is 34.5 Å². The first kappa shape index (κ1) is 28.2. The van der Waals surface area contributed by atoms with Gasteiger partial charge in [-0.25, -0.2) is 4.79 Å². The summed E-state index contributed by atoms with van der Waals surface area (Å²) in [6, 6.07) is 4.95. The maximum absolute atomic E-state index is 13.1. The molecule has 0 spiro atoms. The van der Waals surface area contributed by atoms with E-state index in [-0.39, 0.29) is 53.8 Å². The van der Waals surface area contributed by atoms with Gasteiger partial charge in [0, 0.05) is 17.4 Å². The molecule has 1 aliphatic carbocycles. The Morgan fingerprint density at radius 1 is 0.952 bits per heavy atom. The number of hydrogen-bond donors (Lipinski definition) is 4. The van der Waals surface area contributed by atoms with Crippen molar-refractivity contribution in [1.82, 2.24) is 0 Å². The van der Waals surface area contributed by atoms with Crippen molar-refractivity contribution in [3.05, 3.63) is 34.9 Å². The van der Waals surface area contributed by atoms with Crippen molar-refractivity contribution in [3.8, 4) is 34.5 Å². The summed E-state index contributed by atoms with van der Waals surface area (Å²) in [6.07, 6.45) is -8.29. The van der Waals surface area contributed by atoms with Crippen molar-refractivity contribution in [3.63, 3.8) is 0 Å². The number of phenolic OH excluding ortho intramolecular Hbond substituents is 1. The monoisotopic (exact) mass is 590 g/mol. The molecule has 2 saturated heterocycles. The highest BCUT2D eigenvalue weighted by molar-refractivity contribution is 5.79. The summed E-state index contributed by atoms with van der Waals surface area (Å²) in [7, 11) is 3.88. The molecule has 0 aromatic heterocycles. The number of hydrogen-bond acceptors (Lipinski definition) is 14. The lowest BCUT2D eigenvalue weighted by molar-refractivity contribution is -0.272. The fraction of sp³-hybridized carbons (Fsp3) is 0.500. The molecule has 14 nitrogen and oxygen atoms in total. The minimum absolute atomic E-state index is 0.108. The van der Waals surface area contributed by atoms with Crippen LogP contribution in [-0.2, 0) is 30.2 Å². The second kappa shape index (κ2) is 10.7. The lowest BCUT2D eigenvalue weighted by Crippen LogP contribution is -2.61. The molecule has 3 aliphatic heterocycles. The number of ether oxygens (including phenoxy) is 8. The number of aliphatic hydroxyl groups excluding tert-OH is 3. The van der Waals surface area contributed by atoms with E-state index in [4.69, 9.17) is 33.2 Å². The van der Waals surface area contributed by atoms with Gasteiger partial charge < -0.3 is 58.3 Å². The summed E-state index contributed by atoms with van der Waals surface area (Å²) in [4.78, 5) is 25.3. The van der Waals surface area contributed by atoms with E-state index in [1.54, 1.807) is 18.2 Å². The highest BCUT2D eigenvalue weighted by Crippen LogP contribution is 2.56. The number of cyclic esters (lactones) is 1. The highest BCUT2D eigenvalue weighted by atomic mass is 16.7. The van der Waals surface area contributed by atoms with Gasteiger partial charge in [0.1, 0.15) is 18.3 Å². The van der Waals surface area contributed by atoms with Crippen LogP contribution in [-0.4, -0.2) is 97.8 Å². The second-order valence-electron chi connectivity index (χ2n) is 10.4. The Balaban J connectivity index is 1.49. The van der Waals surface area contributed by atoms with Gasteiger partial charge in [-0.05, 0) is 35.7 Å². The molecule has 0 bridgehead atoms. The smallest absolute Gasteiger partial charge is 0.337 e. The molecule has 0 amide bonds. The Morgan fingerprint density at radius 3 is 2.33 bits per heavy atom. The van der Waals surface area contributed by atoms with Crippen molar-refractivity contribution in [2.45, 2.75) is 43.0 Å². The fourth-order valence-electron chi connectivity index (χ4n) is 6.17. The molecule has 4 aliphatic rings. The molecule has 2 aromatic rings. The van der Waals surface area contributed by atoms with Crippen molar-refractivity contribution < 1.29 is 67.9 Å². The summed E-state index contributed by atoms with van der Waals surface area (Å²) in [6.45, 7) is -0.00718. The first-order chi connectivity index (χ1) is 20.2. The van der Waals surface area contributed by atoms with E-state index in [1.165, 1.54) is 14.2 Å². The van der Waals surface area contributed by atoms with Gasteiger partial charge in [0.25, 0.3) is 0 Å². The van der Waals surface area contributed by atoms with Crippen LogP contribution in [0.1, 0.15) is 22.6 Å². The van der Waals surface area contributed by atoms with Gasteiger partial charge in [-0.2, -0.15) is 0 Å². The van der Waals surface area contributed by atoms with Gasteiger partial charge in [-0.3, -0.25) is 4.79 Å². The third-order valence-corrected chi connectivity index (χ3v) is 8.24. The van der Waals surface area contributed by atoms with Crippen LogP contribution >= 0.6 is 0 Å². The summed E-state index contributed by atoms with van der Waals surface area (Å²) in [5.74, 6) is -2.25. The van der Waals surface area contributed by atoms with Crippen LogP contribution in [0.4, 0.5) is 0 Å². The summed E-state index contributed by atoms with van der Waals surface area (Å²) in [5, 5.41) is 42.1. The first-order valence-corrected chi connectivity index (χ1v) is 13.2. The number of carbonyl (C=O) groups excluding carboxylic acids is 2. The number of benzene rings is 2. The summed E-state index contributed by atoms with van der Waals surface area (Å²) >= 11 is 0. The number of rotatable bonds is 6. The van der Waals surface area contributed by atoms with Crippen LogP contribution in [0, 0.1) is 11.8 Å². The standard InChI is InChI=1S/C28H30O14/c1-35-14-5-10(6-15(36-2)19(14)29)17-12-7-16-24(40-9-39-16)23(13(12)4-11-8-38-26(33)18(11)17)41-28-22(32)20(30)21(31)25(42-28)27(34)37-3/h5-7,11,17-18,20-22,25,28-32H,4,8-9H2,1-3H3/t11?,17-,18+,20+,21+,22-,25+,28?/m1/s1. The van der Waals surface area contributed by atoms with Crippen LogP contribution in [0.15, 0.2) is 18.2 Å². The molecule has 3 heterocycles. The topological polar surface area (TPSA) is 189 Å². The van der Waals surface area contributed by atoms with Crippen molar-refractivity contribution in [2.75, 3.05) is 34.7 Å². The molecule has 226 valence electrons. The fourth-order valence-corrected chi connectivity index (χ4v) is 6.17. The third-order valence-electron chi connectivity index (χ3n) is 8.24. The van der Waals surface area contributed by atoms with Crippen molar-refractivity contribution >= 4 is 11.9 Å². The van der Waals surface area contributed by atoms with E-state index in [0.717, 1.165) is 7.11 Å². The van der Waals surface area contributed by atoms with Crippen LogP contribution in [0.3, 0.4) is 0 Å². The maximum Gasteiger partial charge on any atom is 0.337 e. The molecule has 4 N–H and O–H groups in total. The zero-order valence-electron chi connectivity index (χ0n) is 22.8. The van der Waals surface area contributed by atoms with Crippen LogP contribution in [0.2, 0.25) is 0 Å². The van der Waals surface area contributed by atoms with Gasteiger partial charge in [0.05, 0.1) is 33.9 Å². The number of aromatic hydroxyl groups is 1. The predicted molar refractivity (Wildman–Crippen MR) is 137 cm³/mol. The first-order valence-electron chi connectivity index (χ1n) is 13.2. The molecule has 6 rings (SSSR count). The van der Waals surface area contributed by atoms with E-state index >= 15 is 0 Å². The zero-order valence-corrected chi connectivity index (χ0v) is 22.8. The molecule has 8 atom stereocenters. The second-order valence-corrected chi connectivity index (χ2v) is 10.4. The van der Waals surface area contributed by atoms with Gasteiger partial charge in [0.15, 0.2) is 29.1 Å². The summed E-state index contributed by atoms with van der Waals surface area (Å²) in [5.41, 5.74) is 1.78. The molecule has 2 fully saturated rings. The van der Waals surface area contributed by atoms with Gasteiger partial charge in [-0.15, -0.1) is 0 Å². The van der Waals surface area contributed by atoms with E-state index in [2.05, 4.69) is 4.74 Å². The number of carbonyl (C=O) groups is 2. The molecule has 0 saturated carbocycles. The Morgan fingerprint density at radius 2 is 1.67 bits per heavy atom. The Kier molecular flexibility index (Phi) is 7.17. The van der Waals surface area contributed by atoms with E-state index < -0.39 is 54.5 Å². The van der Waals surface area contributed by atoms with Gasteiger partial charge >= 0.3 is 11.9 Å². The quantitative estimate of drug-likeness (QED) is 0.328. The minimum Gasteiger partial charge on any atom is -0.502 e. The SMILES string of the molecule is COC(=O)[C@H]1OC(Oc2c3c(cc4c2OCO4)[C@@H](c2cc(OC)c(O)c(OC)c2)[C@H]2C(=O)OCC2C3)[C@H](O)[C@@H](O)[C@@H]1O. The van der Waals surface area contributed by atoms with E-state index in [1.807, 2.05) is 0 Å². The molecule has 2 unspecified atom stereocenters. The van der Waals surface area contributed by atoms with Gasteiger partial charge in [0.2, 0.25) is 24.6 Å². The maximum atomic E-state index is 13.1. The Labute approximate surface area is 239 Å². The molecular weight excluding hydrogens is 560 g/mol. The normalized spacial score (nSPS) is 31.0. The van der Waals surface area contributed by atoms with E-state index in [9.17, 15) is 30.0 Å². The van der Waals surface area contributed by atoms with Crippen LogP contribution < -0.4 is 23.7 Å². The molecule has 0 radical (unpaired) electrons. The average molecular weight is 591 g/mol. The zero-order chi connectivity index (χ0) is 29.9. The molecule has 14 heteroatoms. The Hall–Kier alpha value is -3.98. The Bertz CT molecular complexity index is 1380. The predicted octanol–water partition coefficient (Wildman–Crippen LogP) is -0.0253. The summed E-state index contributed by atoms with van der Waals surface area (Å²) < 4.78 is 44.0. The van der Waals surface area contributed by atoms with Crippen LogP contribution in [0.25, 0.3) is 0 Å². The third kappa shape index (κ3) is 4.33. The van der Waals surface area contributed by atoms with Crippen molar-refractivity contribution in [2.24, 2.45) is 11.8 Å². The number of aliphatic hydroxyl groups is 3. The molecule has 42 heavy (non-hydrogen) atoms. The minimum atomic E-state index is -1.80. The number of methoxy groups -OCH3 is 3. The number of phenols is 1. The van der Waals surface area contributed by atoms with Crippen molar-refractivity contribution in [1.29, 1.82) is 0 Å². The largest absolute Gasteiger partial charge is 0.502 e. The lowest BCUT2D eigenvalue weighted by atomic mass is 9.67. The highest BCUT2D eigenvalue weighted by Gasteiger charge is 2.52. The van der Waals surface area contributed by atoms with Gasteiger partial charge in [-0.1, -0.05) is 0 Å². The average Bonchev–Trinajstić information content (AvgIpc) is 3.62. The lowest BCUT2D eigenvalue weighted by Gasteiger charge is -2.40. The molecular formula is C28H30O14. The molecule has 2 aromatic carbocycles. The number of esters is 2. The number of fused-ring (bicyclic) bond motifs is 3.